The Labute approximate surface area is 125 Å². The number of carbonyl (C=O) groups excluding carboxylic acids is 1. The summed E-state index contributed by atoms with van der Waals surface area (Å²) in [5.41, 5.74) is 6.73. The number of carboxylic acid groups (broad SMARTS) is 1. The van der Waals surface area contributed by atoms with Gasteiger partial charge in [-0.25, -0.2) is 0 Å². The molecule has 1 aromatic rings. The van der Waals surface area contributed by atoms with Gasteiger partial charge in [0.15, 0.2) is 0 Å². The molecule has 1 aromatic carbocycles. The second-order valence-corrected chi connectivity index (χ2v) is 6.01. The summed E-state index contributed by atoms with van der Waals surface area (Å²) in [6.45, 7) is 5.47. The molecule has 5 nitrogen and oxygen atoms in total. The van der Waals surface area contributed by atoms with Gasteiger partial charge in [0.25, 0.3) is 0 Å². The van der Waals surface area contributed by atoms with Gasteiger partial charge in [-0.2, -0.15) is 0 Å². The number of benzene rings is 1. The maximum absolute atomic E-state index is 11.3. The zero-order valence-corrected chi connectivity index (χ0v) is 12.7. The van der Waals surface area contributed by atoms with Crippen molar-refractivity contribution in [3.8, 4) is 0 Å². The molecule has 0 saturated heterocycles. The Bertz CT molecular complexity index is 498. The van der Waals surface area contributed by atoms with Gasteiger partial charge in [-0.05, 0) is 36.4 Å². The van der Waals surface area contributed by atoms with Crippen molar-refractivity contribution in [2.75, 3.05) is 6.54 Å². The van der Waals surface area contributed by atoms with E-state index in [0.717, 1.165) is 18.5 Å². The zero-order chi connectivity index (χ0) is 15.9. The largest absolute Gasteiger partial charge is 0.481 e. The Kier molecular flexibility index (Phi) is 6.37. The standard InChI is InChI=1S/C16H24N2O3/c1-16(2,8-7-14(19)20)9-10-18-11-12-5-3-4-6-13(12)15(17)21/h3-6,18H,7-11H2,1-2H3,(H2,17,21)(H,19,20). The quantitative estimate of drug-likeness (QED) is 0.608. The summed E-state index contributed by atoms with van der Waals surface area (Å²) < 4.78 is 0. The molecule has 1 rings (SSSR count). The minimum atomic E-state index is -0.758. The van der Waals surface area contributed by atoms with E-state index in [-0.39, 0.29) is 11.8 Å². The van der Waals surface area contributed by atoms with Crippen molar-refractivity contribution < 1.29 is 14.7 Å². The Morgan fingerprint density at radius 1 is 1.24 bits per heavy atom. The van der Waals surface area contributed by atoms with Crippen LogP contribution in [0.1, 0.15) is 49.0 Å². The molecule has 1 amide bonds. The summed E-state index contributed by atoms with van der Waals surface area (Å²) in [5.74, 6) is -1.18. The minimum Gasteiger partial charge on any atom is -0.481 e. The van der Waals surface area contributed by atoms with E-state index in [9.17, 15) is 9.59 Å². The number of aliphatic carboxylic acids is 1. The van der Waals surface area contributed by atoms with Crippen LogP contribution in [-0.2, 0) is 11.3 Å². The highest BCUT2D eigenvalue weighted by atomic mass is 16.4. The lowest BCUT2D eigenvalue weighted by Gasteiger charge is -2.24. The molecular weight excluding hydrogens is 268 g/mol. The van der Waals surface area contributed by atoms with E-state index in [4.69, 9.17) is 10.8 Å². The van der Waals surface area contributed by atoms with E-state index in [1.54, 1.807) is 12.1 Å². The Hall–Kier alpha value is -1.88. The Morgan fingerprint density at radius 2 is 1.90 bits per heavy atom. The topological polar surface area (TPSA) is 92.4 Å². The molecule has 0 heterocycles. The highest BCUT2D eigenvalue weighted by Gasteiger charge is 2.18. The molecule has 116 valence electrons. The van der Waals surface area contributed by atoms with Gasteiger partial charge < -0.3 is 16.2 Å². The third-order valence-electron chi connectivity index (χ3n) is 3.59. The van der Waals surface area contributed by atoms with E-state index >= 15 is 0 Å². The smallest absolute Gasteiger partial charge is 0.303 e. The van der Waals surface area contributed by atoms with Crippen molar-refractivity contribution in [1.82, 2.24) is 5.32 Å². The van der Waals surface area contributed by atoms with Gasteiger partial charge in [-0.3, -0.25) is 9.59 Å². The average molecular weight is 292 g/mol. The van der Waals surface area contributed by atoms with Crippen LogP contribution in [0.5, 0.6) is 0 Å². The molecule has 0 aliphatic carbocycles. The number of nitrogens with two attached hydrogens (primary N) is 1. The van der Waals surface area contributed by atoms with Crippen LogP contribution in [0.15, 0.2) is 24.3 Å². The summed E-state index contributed by atoms with van der Waals surface area (Å²) in [5, 5.41) is 12.0. The predicted molar refractivity (Wildman–Crippen MR) is 81.9 cm³/mol. The molecule has 0 aliphatic heterocycles. The summed E-state index contributed by atoms with van der Waals surface area (Å²) in [6.07, 6.45) is 1.72. The highest BCUT2D eigenvalue weighted by molar-refractivity contribution is 5.94. The highest BCUT2D eigenvalue weighted by Crippen LogP contribution is 2.26. The monoisotopic (exact) mass is 292 g/mol. The number of hydrogen-bond donors (Lipinski definition) is 3. The summed E-state index contributed by atoms with van der Waals surface area (Å²) in [6, 6.07) is 7.26. The molecule has 0 saturated carbocycles. The first-order chi connectivity index (χ1) is 9.82. The molecule has 5 heteroatoms. The number of rotatable bonds is 9. The van der Waals surface area contributed by atoms with E-state index in [1.807, 2.05) is 12.1 Å². The van der Waals surface area contributed by atoms with Crippen LogP contribution in [-0.4, -0.2) is 23.5 Å². The van der Waals surface area contributed by atoms with Crippen LogP contribution in [0.3, 0.4) is 0 Å². The summed E-state index contributed by atoms with van der Waals surface area (Å²) >= 11 is 0. The lowest BCUT2D eigenvalue weighted by atomic mass is 9.84. The predicted octanol–water partition coefficient (Wildman–Crippen LogP) is 2.16. The van der Waals surface area contributed by atoms with Crippen molar-refractivity contribution in [3.05, 3.63) is 35.4 Å². The van der Waals surface area contributed by atoms with E-state index in [1.165, 1.54) is 0 Å². The number of nitrogens with one attached hydrogen (secondary N) is 1. The molecule has 21 heavy (non-hydrogen) atoms. The first-order valence-electron chi connectivity index (χ1n) is 7.12. The molecule has 4 N–H and O–H groups in total. The zero-order valence-electron chi connectivity index (χ0n) is 12.7. The molecule has 0 unspecified atom stereocenters. The van der Waals surface area contributed by atoms with Gasteiger partial charge in [0, 0.05) is 18.5 Å². The van der Waals surface area contributed by atoms with Crippen molar-refractivity contribution >= 4 is 11.9 Å². The number of primary amides is 1. The van der Waals surface area contributed by atoms with E-state index in [0.29, 0.717) is 18.5 Å². The molecule has 0 spiro atoms. The Balaban J connectivity index is 2.41. The van der Waals surface area contributed by atoms with Crippen molar-refractivity contribution in [2.45, 2.75) is 39.7 Å². The number of amides is 1. The van der Waals surface area contributed by atoms with Crippen LogP contribution in [0.25, 0.3) is 0 Å². The van der Waals surface area contributed by atoms with E-state index < -0.39 is 11.9 Å². The fourth-order valence-electron chi connectivity index (χ4n) is 2.13. The van der Waals surface area contributed by atoms with Crippen molar-refractivity contribution in [3.63, 3.8) is 0 Å². The lowest BCUT2D eigenvalue weighted by molar-refractivity contribution is -0.137. The average Bonchev–Trinajstić information content (AvgIpc) is 2.42. The van der Waals surface area contributed by atoms with E-state index in [2.05, 4.69) is 19.2 Å². The SMILES string of the molecule is CC(C)(CCNCc1ccccc1C(N)=O)CCC(=O)O. The summed E-state index contributed by atoms with van der Waals surface area (Å²) in [7, 11) is 0. The minimum absolute atomic E-state index is 0.0193. The first-order valence-corrected chi connectivity index (χ1v) is 7.12. The van der Waals surface area contributed by atoms with Crippen LogP contribution in [0.4, 0.5) is 0 Å². The van der Waals surface area contributed by atoms with Gasteiger partial charge in [0.1, 0.15) is 0 Å². The number of hydrogen-bond acceptors (Lipinski definition) is 3. The van der Waals surface area contributed by atoms with Gasteiger partial charge in [-0.1, -0.05) is 32.0 Å². The molecule has 0 aliphatic rings. The third kappa shape index (κ3) is 6.40. The van der Waals surface area contributed by atoms with Gasteiger partial charge in [0.2, 0.25) is 5.91 Å². The van der Waals surface area contributed by atoms with Crippen LogP contribution in [0.2, 0.25) is 0 Å². The molecule has 0 radical (unpaired) electrons. The van der Waals surface area contributed by atoms with Gasteiger partial charge in [0.05, 0.1) is 0 Å². The summed E-state index contributed by atoms with van der Waals surface area (Å²) in [4.78, 5) is 21.9. The fourth-order valence-corrected chi connectivity index (χ4v) is 2.13. The second-order valence-electron chi connectivity index (χ2n) is 6.01. The van der Waals surface area contributed by atoms with Crippen LogP contribution >= 0.6 is 0 Å². The molecular formula is C16H24N2O3. The molecule has 0 fully saturated rings. The van der Waals surface area contributed by atoms with Gasteiger partial charge in [-0.15, -0.1) is 0 Å². The second kappa shape index (κ2) is 7.78. The van der Waals surface area contributed by atoms with Crippen LogP contribution < -0.4 is 11.1 Å². The third-order valence-corrected chi connectivity index (χ3v) is 3.59. The molecule has 0 atom stereocenters. The maximum Gasteiger partial charge on any atom is 0.303 e. The lowest BCUT2D eigenvalue weighted by Crippen LogP contribution is -2.24. The Morgan fingerprint density at radius 3 is 2.52 bits per heavy atom. The first kappa shape index (κ1) is 17.2. The van der Waals surface area contributed by atoms with Crippen molar-refractivity contribution in [1.29, 1.82) is 0 Å². The number of carbonyl (C=O) groups is 2. The normalized spacial score (nSPS) is 11.3. The molecule has 0 aromatic heterocycles. The molecule has 0 bridgehead atoms. The number of carboxylic acids is 1. The van der Waals surface area contributed by atoms with Crippen molar-refractivity contribution in [2.24, 2.45) is 11.1 Å². The van der Waals surface area contributed by atoms with Crippen LogP contribution in [0, 0.1) is 5.41 Å². The fraction of sp³-hybridized carbons (Fsp3) is 0.500. The maximum atomic E-state index is 11.3. The van der Waals surface area contributed by atoms with Gasteiger partial charge >= 0.3 is 5.97 Å².